The first kappa shape index (κ1) is 36.2. The predicted molar refractivity (Wildman–Crippen MR) is 192 cm³/mol. The smallest absolute Gasteiger partial charge is 0.313 e. The van der Waals surface area contributed by atoms with E-state index in [-0.39, 0.29) is 23.3 Å². The third-order valence-corrected chi connectivity index (χ3v) is 8.67. The highest BCUT2D eigenvalue weighted by Gasteiger charge is 2.22. The first-order valence-electron chi connectivity index (χ1n) is 17.2. The van der Waals surface area contributed by atoms with Crippen molar-refractivity contribution in [3.05, 3.63) is 58.9 Å². The number of nitrogens with one attached hydrogen (secondary N) is 2. The van der Waals surface area contributed by atoms with Crippen LogP contribution in [0.4, 0.5) is 23.0 Å². The quantitative estimate of drug-likeness (QED) is 0.0513. The van der Waals surface area contributed by atoms with Gasteiger partial charge in [0.25, 0.3) is 0 Å². The molecule has 0 fully saturated rings. The van der Waals surface area contributed by atoms with Gasteiger partial charge in [0.15, 0.2) is 0 Å². The molecule has 2 aromatic heterocycles. The number of hydrogen-bond acceptors (Lipinski definition) is 8. The molecule has 48 heavy (non-hydrogen) atoms. The third-order valence-electron chi connectivity index (χ3n) is 8.67. The Morgan fingerprint density at radius 3 is 2.12 bits per heavy atom. The number of nitro groups is 1. The fraction of sp³-hybridized carbons (Fsp3) is 0.486. The number of nitrogens with zero attached hydrogens (tertiary/aromatic N) is 4. The summed E-state index contributed by atoms with van der Waals surface area (Å²) in [7, 11) is 4.78. The van der Waals surface area contributed by atoms with E-state index in [1.54, 1.807) is 6.20 Å². The molecule has 1 amide bonds. The number of nitro benzene ring substituents is 1. The highest BCUT2D eigenvalue weighted by atomic mass is 16.6. The summed E-state index contributed by atoms with van der Waals surface area (Å²) in [5.41, 5.74) is 2.93. The second-order valence-electron chi connectivity index (χ2n) is 12.3. The number of aryl methyl sites for hydroxylation is 1. The van der Waals surface area contributed by atoms with Gasteiger partial charge in [0.05, 0.1) is 36.7 Å². The molecule has 0 aliphatic rings. The maximum atomic E-state index is 13.1. The molecule has 0 saturated carbocycles. The molecule has 0 bridgehead atoms. The molecule has 0 unspecified atom stereocenters. The van der Waals surface area contributed by atoms with Crippen molar-refractivity contribution in [3.8, 4) is 22.8 Å². The Labute approximate surface area is 283 Å². The van der Waals surface area contributed by atoms with Crippen molar-refractivity contribution in [2.75, 3.05) is 24.9 Å². The zero-order chi connectivity index (χ0) is 34.3. The van der Waals surface area contributed by atoms with Crippen LogP contribution < -0.4 is 20.1 Å². The number of hydrogen-bond donors (Lipinski definition) is 2. The van der Waals surface area contributed by atoms with Gasteiger partial charge < -0.3 is 24.7 Å². The number of benzene rings is 2. The van der Waals surface area contributed by atoms with Gasteiger partial charge in [-0.25, -0.2) is 9.97 Å². The number of anilines is 3. The Kier molecular flexibility index (Phi) is 14.0. The van der Waals surface area contributed by atoms with Crippen molar-refractivity contribution in [2.24, 2.45) is 7.05 Å². The van der Waals surface area contributed by atoms with Crippen LogP contribution >= 0.6 is 0 Å². The number of carbonyl (C=O) groups excluding carboxylic acids is 1. The lowest BCUT2D eigenvalue weighted by atomic mass is 10.0. The lowest BCUT2D eigenvalue weighted by Crippen LogP contribution is -2.13. The SMILES string of the molecule is CCCCCCCCCCCCCCCC(=O)Nc1cnc(Nc2cc([N+](=O)[O-])c(OC)cc2OC)nc1-c1cn(C)c2ccccc12. The maximum absolute atomic E-state index is 13.1. The molecule has 2 heterocycles. The average molecular weight is 659 g/mol. The second kappa shape index (κ2) is 18.6. The largest absolute Gasteiger partial charge is 0.494 e. The molecule has 0 aliphatic carbocycles. The van der Waals surface area contributed by atoms with Crippen LogP contribution in [0.1, 0.15) is 96.8 Å². The molecular weight excluding hydrogens is 608 g/mol. The summed E-state index contributed by atoms with van der Waals surface area (Å²) in [6.45, 7) is 2.26. The molecule has 11 heteroatoms. The number of unbranched alkanes of at least 4 members (excludes halogenated alkanes) is 12. The lowest BCUT2D eigenvalue weighted by molar-refractivity contribution is -0.385. The van der Waals surface area contributed by atoms with Gasteiger partial charge in [-0.3, -0.25) is 14.9 Å². The number of methoxy groups -OCH3 is 2. The maximum Gasteiger partial charge on any atom is 0.313 e. The summed E-state index contributed by atoms with van der Waals surface area (Å²) in [6.07, 6.45) is 20.2. The zero-order valence-corrected chi connectivity index (χ0v) is 28.8. The van der Waals surface area contributed by atoms with Crippen LogP contribution in [-0.4, -0.2) is 39.6 Å². The molecule has 0 atom stereocenters. The van der Waals surface area contributed by atoms with E-state index in [0.29, 0.717) is 29.2 Å². The van der Waals surface area contributed by atoms with Crippen LogP contribution in [0.5, 0.6) is 11.5 Å². The van der Waals surface area contributed by atoms with Crippen molar-refractivity contribution in [3.63, 3.8) is 0 Å². The highest BCUT2D eigenvalue weighted by molar-refractivity contribution is 6.01. The summed E-state index contributed by atoms with van der Waals surface area (Å²) in [6, 6.07) is 10.7. The minimum Gasteiger partial charge on any atom is -0.494 e. The van der Waals surface area contributed by atoms with E-state index < -0.39 is 4.92 Å². The summed E-state index contributed by atoms with van der Waals surface area (Å²) in [4.78, 5) is 33.5. The molecule has 0 aliphatic heterocycles. The minimum atomic E-state index is -0.526. The molecule has 2 N–H and O–H groups in total. The van der Waals surface area contributed by atoms with Gasteiger partial charge in [0.2, 0.25) is 17.6 Å². The topological polar surface area (TPSA) is 133 Å². The van der Waals surface area contributed by atoms with Crippen LogP contribution in [0.15, 0.2) is 48.8 Å². The van der Waals surface area contributed by atoms with Crippen LogP contribution in [-0.2, 0) is 11.8 Å². The molecule has 0 saturated heterocycles. The third kappa shape index (κ3) is 9.92. The van der Waals surface area contributed by atoms with Gasteiger partial charge in [-0.2, -0.15) is 0 Å². The standard InChI is InChI=1S/C37H50N6O5/c1-5-6-7-8-9-10-11-12-13-14-15-16-17-22-35(44)39-30-25-38-37(40-29-23-32(43(45)46)34(48-4)24-33(29)47-3)41-36(30)28-26-42(2)31-21-19-18-20-27(28)31/h18-21,23-26H,5-17,22H2,1-4H3,(H,39,44)(H,38,40,41). The van der Waals surface area contributed by atoms with E-state index in [1.165, 1.54) is 90.6 Å². The van der Waals surface area contributed by atoms with E-state index in [9.17, 15) is 14.9 Å². The van der Waals surface area contributed by atoms with Crippen molar-refractivity contribution in [1.82, 2.24) is 14.5 Å². The van der Waals surface area contributed by atoms with Gasteiger partial charge in [-0.05, 0) is 12.5 Å². The van der Waals surface area contributed by atoms with E-state index in [0.717, 1.165) is 35.7 Å². The van der Waals surface area contributed by atoms with E-state index in [2.05, 4.69) is 22.5 Å². The Morgan fingerprint density at radius 2 is 1.50 bits per heavy atom. The lowest BCUT2D eigenvalue weighted by Gasteiger charge is -2.14. The number of para-hydroxylation sites is 1. The summed E-state index contributed by atoms with van der Waals surface area (Å²) in [5.74, 6) is 0.491. The Morgan fingerprint density at radius 1 is 0.875 bits per heavy atom. The van der Waals surface area contributed by atoms with Crippen molar-refractivity contribution < 1.29 is 19.2 Å². The van der Waals surface area contributed by atoms with Gasteiger partial charge in [0, 0.05) is 48.3 Å². The molecule has 2 aromatic carbocycles. The summed E-state index contributed by atoms with van der Waals surface area (Å²) < 4.78 is 12.7. The van der Waals surface area contributed by atoms with Crippen molar-refractivity contribution >= 4 is 39.8 Å². The summed E-state index contributed by atoms with van der Waals surface area (Å²) >= 11 is 0. The minimum absolute atomic E-state index is 0.0707. The molecular formula is C37H50N6O5. The fourth-order valence-electron chi connectivity index (χ4n) is 6.03. The molecule has 0 radical (unpaired) electrons. The number of carbonyl (C=O) groups is 1. The molecule has 4 rings (SSSR count). The summed E-state index contributed by atoms with van der Waals surface area (Å²) in [5, 5.41) is 18.8. The number of rotatable bonds is 21. The van der Waals surface area contributed by atoms with Crippen LogP contribution in [0, 0.1) is 10.1 Å². The van der Waals surface area contributed by atoms with Crippen molar-refractivity contribution in [2.45, 2.75) is 96.8 Å². The molecule has 11 nitrogen and oxygen atoms in total. The van der Waals surface area contributed by atoms with Crippen LogP contribution in [0.3, 0.4) is 0 Å². The monoisotopic (exact) mass is 658 g/mol. The van der Waals surface area contributed by atoms with Gasteiger partial charge in [-0.1, -0.05) is 102 Å². The van der Waals surface area contributed by atoms with Gasteiger partial charge in [0.1, 0.15) is 11.4 Å². The fourth-order valence-corrected chi connectivity index (χ4v) is 6.03. The van der Waals surface area contributed by atoms with Crippen molar-refractivity contribution in [1.29, 1.82) is 0 Å². The second-order valence-corrected chi connectivity index (χ2v) is 12.3. The Balaban J connectivity index is 1.42. The molecule has 4 aromatic rings. The van der Waals surface area contributed by atoms with Gasteiger partial charge >= 0.3 is 5.69 Å². The molecule has 0 spiro atoms. The van der Waals surface area contributed by atoms with Gasteiger partial charge in [-0.15, -0.1) is 0 Å². The van der Waals surface area contributed by atoms with E-state index >= 15 is 0 Å². The number of amides is 1. The molecule has 258 valence electrons. The number of fused-ring (bicyclic) bond motifs is 1. The number of ether oxygens (including phenoxy) is 2. The van der Waals surface area contributed by atoms with Crippen LogP contribution in [0.25, 0.3) is 22.2 Å². The average Bonchev–Trinajstić information content (AvgIpc) is 3.43. The van der Waals surface area contributed by atoms with Crippen LogP contribution in [0.2, 0.25) is 0 Å². The number of aromatic nitrogens is 3. The predicted octanol–water partition coefficient (Wildman–Crippen LogP) is 9.72. The highest BCUT2D eigenvalue weighted by Crippen LogP contribution is 2.39. The normalized spacial score (nSPS) is 11.1. The Bertz CT molecular complexity index is 1650. The Hall–Kier alpha value is -4.67. The van der Waals surface area contributed by atoms with E-state index in [1.807, 2.05) is 42.1 Å². The first-order chi connectivity index (χ1) is 23.4. The first-order valence-corrected chi connectivity index (χ1v) is 17.2. The zero-order valence-electron chi connectivity index (χ0n) is 28.8. The van der Waals surface area contributed by atoms with E-state index in [4.69, 9.17) is 14.5 Å².